The lowest BCUT2D eigenvalue weighted by Gasteiger charge is -2.07. The first kappa shape index (κ1) is 14.2. The highest BCUT2D eigenvalue weighted by Crippen LogP contribution is 2.20. The Morgan fingerprint density at radius 3 is 3.10 bits per heavy atom. The van der Waals surface area contributed by atoms with Gasteiger partial charge in [0.25, 0.3) is 0 Å². The van der Waals surface area contributed by atoms with E-state index in [9.17, 15) is 4.79 Å². The molecule has 0 spiro atoms. The lowest BCUT2D eigenvalue weighted by Crippen LogP contribution is -2.30. The van der Waals surface area contributed by atoms with Crippen molar-refractivity contribution in [1.82, 2.24) is 15.5 Å². The van der Waals surface area contributed by atoms with Gasteiger partial charge in [-0.25, -0.2) is 0 Å². The average Bonchev–Trinajstić information content (AvgIpc) is 2.98. The van der Waals surface area contributed by atoms with Crippen molar-refractivity contribution in [2.45, 2.75) is 0 Å². The Morgan fingerprint density at radius 2 is 2.35 bits per heavy atom. The van der Waals surface area contributed by atoms with E-state index in [1.54, 1.807) is 19.2 Å². The number of carbonyl (C=O) groups excluding carboxylic acids is 1. The average molecular weight is 276 g/mol. The molecule has 0 aliphatic carbocycles. The number of ether oxygens (including phenoxy) is 1. The molecule has 0 aliphatic rings. The summed E-state index contributed by atoms with van der Waals surface area (Å²) in [5.74, 6) is 0.295. The minimum atomic E-state index is -0.121. The van der Waals surface area contributed by atoms with E-state index < -0.39 is 0 Å². The third-order valence-corrected chi connectivity index (χ3v) is 2.52. The van der Waals surface area contributed by atoms with E-state index in [-0.39, 0.29) is 12.5 Å². The van der Waals surface area contributed by atoms with Crippen molar-refractivity contribution >= 4 is 11.6 Å². The summed E-state index contributed by atoms with van der Waals surface area (Å²) in [6.07, 6.45) is 1.26. The maximum atomic E-state index is 11.7. The summed E-state index contributed by atoms with van der Waals surface area (Å²) in [7, 11) is 1.62. The Morgan fingerprint density at radius 1 is 1.45 bits per heavy atom. The molecule has 2 N–H and O–H groups in total. The van der Waals surface area contributed by atoms with Gasteiger partial charge >= 0.3 is 0 Å². The Labute approximate surface area is 116 Å². The predicted molar refractivity (Wildman–Crippen MR) is 73.1 cm³/mol. The van der Waals surface area contributed by atoms with Crippen LogP contribution in [-0.2, 0) is 9.53 Å². The molecular formula is C13H16N4O3. The fourth-order valence-electron chi connectivity index (χ4n) is 1.61. The molecule has 20 heavy (non-hydrogen) atoms. The molecule has 0 saturated carbocycles. The largest absolute Gasteiger partial charge is 0.423 e. The second-order valence-corrected chi connectivity index (χ2v) is 4.04. The van der Waals surface area contributed by atoms with Gasteiger partial charge in [0, 0.05) is 24.9 Å². The Kier molecular flexibility index (Phi) is 5.22. The fraction of sp³-hybridized carbons (Fsp3) is 0.308. The number of aromatic nitrogens is 2. The number of rotatable bonds is 7. The first-order chi connectivity index (χ1) is 9.79. The highest BCUT2D eigenvalue weighted by molar-refractivity contribution is 5.92. The lowest BCUT2D eigenvalue weighted by atomic mass is 10.2. The molecule has 7 heteroatoms. The van der Waals surface area contributed by atoms with Gasteiger partial charge in [-0.05, 0) is 18.2 Å². The van der Waals surface area contributed by atoms with Gasteiger partial charge in [-0.15, -0.1) is 10.2 Å². The van der Waals surface area contributed by atoms with Crippen molar-refractivity contribution in [2.24, 2.45) is 0 Å². The summed E-state index contributed by atoms with van der Waals surface area (Å²) in [5, 5.41) is 13.2. The number of nitrogens with zero attached hydrogens (tertiary/aromatic N) is 2. The maximum absolute atomic E-state index is 11.7. The van der Waals surface area contributed by atoms with E-state index in [1.165, 1.54) is 6.39 Å². The van der Waals surface area contributed by atoms with Crippen LogP contribution >= 0.6 is 0 Å². The highest BCUT2D eigenvalue weighted by atomic mass is 16.5. The summed E-state index contributed by atoms with van der Waals surface area (Å²) in [6, 6.07) is 7.22. The van der Waals surface area contributed by atoms with Gasteiger partial charge in [0.2, 0.25) is 18.2 Å². The molecule has 0 radical (unpaired) electrons. The smallest absolute Gasteiger partial charge is 0.247 e. The number of benzene rings is 1. The summed E-state index contributed by atoms with van der Waals surface area (Å²) in [5.41, 5.74) is 1.44. The number of hydrogen-bond donors (Lipinski definition) is 2. The molecule has 106 valence electrons. The van der Waals surface area contributed by atoms with Gasteiger partial charge in [-0.3, -0.25) is 4.79 Å². The summed E-state index contributed by atoms with van der Waals surface area (Å²) in [4.78, 5) is 11.7. The van der Waals surface area contributed by atoms with Crippen molar-refractivity contribution < 1.29 is 13.9 Å². The maximum Gasteiger partial charge on any atom is 0.247 e. The van der Waals surface area contributed by atoms with Crippen molar-refractivity contribution in [3.05, 3.63) is 30.7 Å². The molecule has 1 heterocycles. The molecule has 0 atom stereocenters. The van der Waals surface area contributed by atoms with Gasteiger partial charge in [0.05, 0.1) is 13.2 Å². The van der Waals surface area contributed by atoms with E-state index in [1.807, 2.05) is 12.1 Å². The van der Waals surface area contributed by atoms with Gasteiger partial charge in [-0.1, -0.05) is 6.07 Å². The van der Waals surface area contributed by atoms with Crippen LogP contribution in [0.25, 0.3) is 11.5 Å². The van der Waals surface area contributed by atoms with Crippen molar-refractivity contribution in [2.75, 3.05) is 32.1 Å². The molecule has 0 fully saturated rings. The molecule has 2 aromatic rings. The van der Waals surface area contributed by atoms with E-state index in [0.717, 1.165) is 5.56 Å². The van der Waals surface area contributed by atoms with Crippen LogP contribution in [-0.4, -0.2) is 42.9 Å². The third-order valence-electron chi connectivity index (χ3n) is 2.52. The summed E-state index contributed by atoms with van der Waals surface area (Å²) >= 11 is 0. The van der Waals surface area contributed by atoms with Gasteiger partial charge in [-0.2, -0.15) is 0 Å². The zero-order valence-corrected chi connectivity index (χ0v) is 11.1. The van der Waals surface area contributed by atoms with Gasteiger partial charge in [0.15, 0.2) is 0 Å². The van der Waals surface area contributed by atoms with Crippen LogP contribution in [0.1, 0.15) is 0 Å². The standard InChI is InChI=1S/C13H16N4O3/c1-19-6-5-14-8-12(18)16-11-4-2-3-10(7-11)13-17-15-9-20-13/h2-4,7,9,14H,5-6,8H2,1H3,(H,16,18). The van der Waals surface area contributed by atoms with E-state index >= 15 is 0 Å². The summed E-state index contributed by atoms with van der Waals surface area (Å²) < 4.78 is 9.99. The predicted octanol–water partition coefficient (Wildman–Crippen LogP) is 0.911. The van der Waals surface area contributed by atoms with Crippen LogP contribution in [0.4, 0.5) is 5.69 Å². The minimum absolute atomic E-state index is 0.121. The molecule has 1 amide bonds. The fourth-order valence-corrected chi connectivity index (χ4v) is 1.61. The van der Waals surface area contributed by atoms with Crippen LogP contribution < -0.4 is 10.6 Å². The zero-order valence-electron chi connectivity index (χ0n) is 11.1. The monoisotopic (exact) mass is 276 g/mol. The third kappa shape index (κ3) is 4.15. The van der Waals surface area contributed by atoms with Crippen LogP contribution in [0.2, 0.25) is 0 Å². The zero-order chi connectivity index (χ0) is 14.2. The van der Waals surface area contributed by atoms with E-state index in [0.29, 0.717) is 24.7 Å². The number of hydrogen-bond acceptors (Lipinski definition) is 6. The number of amides is 1. The topological polar surface area (TPSA) is 89.3 Å². The molecule has 0 aliphatic heterocycles. The Hall–Kier alpha value is -2.25. The number of anilines is 1. The molecule has 0 bridgehead atoms. The van der Waals surface area contributed by atoms with Crippen molar-refractivity contribution in [3.63, 3.8) is 0 Å². The first-order valence-electron chi connectivity index (χ1n) is 6.15. The van der Waals surface area contributed by atoms with E-state index in [4.69, 9.17) is 9.15 Å². The van der Waals surface area contributed by atoms with E-state index in [2.05, 4.69) is 20.8 Å². The van der Waals surface area contributed by atoms with Crippen molar-refractivity contribution in [3.8, 4) is 11.5 Å². The molecule has 2 rings (SSSR count). The second kappa shape index (κ2) is 7.37. The Bertz CT molecular complexity index is 542. The van der Waals surface area contributed by atoms with Crippen molar-refractivity contribution in [1.29, 1.82) is 0 Å². The lowest BCUT2D eigenvalue weighted by molar-refractivity contribution is -0.115. The first-order valence-corrected chi connectivity index (χ1v) is 6.15. The minimum Gasteiger partial charge on any atom is -0.423 e. The van der Waals surface area contributed by atoms with Crippen LogP contribution in [0.5, 0.6) is 0 Å². The number of carbonyl (C=O) groups is 1. The second-order valence-electron chi connectivity index (χ2n) is 4.04. The highest BCUT2D eigenvalue weighted by Gasteiger charge is 2.06. The normalized spacial score (nSPS) is 10.4. The van der Waals surface area contributed by atoms with Crippen LogP contribution in [0.15, 0.2) is 35.1 Å². The van der Waals surface area contributed by atoms with Crippen LogP contribution in [0, 0.1) is 0 Å². The SMILES string of the molecule is COCCNCC(=O)Nc1cccc(-c2nnco2)c1. The molecule has 0 unspecified atom stereocenters. The molecule has 1 aromatic carbocycles. The summed E-state index contributed by atoms with van der Waals surface area (Å²) in [6.45, 7) is 1.43. The Balaban J connectivity index is 1.90. The number of nitrogens with one attached hydrogen (secondary N) is 2. The van der Waals surface area contributed by atoms with Gasteiger partial charge in [0.1, 0.15) is 0 Å². The molecule has 1 aromatic heterocycles. The molecule has 0 saturated heterocycles. The molecule has 7 nitrogen and oxygen atoms in total. The van der Waals surface area contributed by atoms with Gasteiger partial charge < -0.3 is 19.8 Å². The van der Waals surface area contributed by atoms with Crippen LogP contribution in [0.3, 0.4) is 0 Å². The number of methoxy groups -OCH3 is 1. The molecular weight excluding hydrogens is 260 g/mol. The quantitative estimate of drug-likeness (QED) is 0.731.